The fourth-order valence-corrected chi connectivity index (χ4v) is 3.46. The first kappa shape index (κ1) is 14.3. The first-order valence-corrected chi connectivity index (χ1v) is 7.40. The lowest BCUT2D eigenvalue weighted by Crippen LogP contribution is -2.38. The lowest BCUT2D eigenvalue weighted by Gasteiger charge is -2.31. The third-order valence-corrected chi connectivity index (χ3v) is 4.61. The van der Waals surface area contributed by atoms with E-state index in [1.165, 1.54) is 6.42 Å². The molecule has 0 aromatic heterocycles. The Morgan fingerprint density at radius 3 is 2.58 bits per heavy atom. The van der Waals surface area contributed by atoms with E-state index in [9.17, 15) is 9.59 Å². The van der Waals surface area contributed by atoms with Gasteiger partial charge in [0.2, 0.25) is 11.8 Å². The molecule has 0 aromatic rings. The first-order chi connectivity index (χ1) is 9.11. The molecule has 4 N–H and O–H groups in total. The van der Waals surface area contributed by atoms with Crippen LogP contribution in [0.1, 0.15) is 38.5 Å². The van der Waals surface area contributed by atoms with Crippen LogP contribution >= 0.6 is 0 Å². The topological polar surface area (TPSA) is 89.4 Å². The molecule has 0 bridgehead atoms. The molecule has 3 atom stereocenters. The van der Waals surface area contributed by atoms with Gasteiger partial charge < -0.3 is 16.4 Å². The van der Waals surface area contributed by atoms with Gasteiger partial charge in [-0.25, -0.2) is 0 Å². The molecular formula is C14H25N3O2. The van der Waals surface area contributed by atoms with Gasteiger partial charge in [-0.05, 0) is 38.1 Å². The summed E-state index contributed by atoms with van der Waals surface area (Å²) in [6.45, 7) is 1.91. The number of hydrogen-bond donors (Lipinski definition) is 2. The van der Waals surface area contributed by atoms with Gasteiger partial charge in [0.05, 0.1) is 5.92 Å². The second-order valence-corrected chi connectivity index (χ2v) is 5.98. The predicted octanol–water partition coefficient (Wildman–Crippen LogP) is 0.475. The summed E-state index contributed by atoms with van der Waals surface area (Å²) in [4.78, 5) is 25.5. The van der Waals surface area contributed by atoms with Crippen molar-refractivity contribution in [3.8, 4) is 0 Å². The fraction of sp³-hybridized carbons (Fsp3) is 0.857. The van der Waals surface area contributed by atoms with Crippen molar-refractivity contribution >= 4 is 11.8 Å². The number of amides is 2. The number of carbonyl (C=O) groups excluding carboxylic acids is 2. The summed E-state index contributed by atoms with van der Waals surface area (Å²) in [7, 11) is 0. The maximum atomic E-state index is 12.5. The molecule has 1 aliphatic heterocycles. The highest BCUT2D eigenvalue weighted by Gasteiger charge is 2.35. The highest BCUT2D eigenvalue weighted by molar-refractivity contribution is 5.82. The summed E-state index contributed by atoms with van der Waals surface area (Å²) >= 11 is 0. The van der Waals surface area contributed by atoms with E-state index < -0.39 is 0 Å². The van der Waals surface area contributed by atoms with Gasteiger partial charge >= 0.3 is 0 Å². The molecular weight excluding hydrogens is 242 g/mol. The van der Waals surface area contributed by atoms with E-state index in [1.807, 2.05) is 4.90 Å². The van der Waals surface area contributed by atoms with Crippen LogP contribution in [-0.2, 0) is 9.59 Å². The summed E-state index contributed by atoms with van der Waals surface area (Å²) in [6.07, 6.45) is 6.01. The van der Waals surface area contributed by atoms with Crippen LogP contribution in [0, 0.1) is 17.8 Å². The van der Waals surface area contributed by atoms with Crippen LogP contribution in [0.3, 0.4) is 0 Å². The summed E-state index contributed by atoms with van der Waals surface area (Å²) in [5.41, 5.74) is 10.9. The quantitative estimate of drug-likeness (QED) is 0.776. The van der Waals surface area contributed by atoms with Gasteiger partial charge in [-0.2, -0.15) is 0 Å². The predicted molar refractivity (Wildman–Crippen MR) is 73.0 cm³/mol. The Morgan fingerprint density at radius 2 is 1.95 bits per heavy atom. The number of rotatable bonds is 4. The average molecular weight is 267 g/mol. The van der Waals surface area contributed by atoms with Crippen molar-refractivity contribution in [1.29, 1.82) is 0 Å². The van der Waals surface area contributed by atoms with Crippen LogP contribution in [-0.4, -0.2) is 36.3 Å². The van der Waals surface area contributed by atoms with Crippen molar-refractivity contribution in [1.82, 2.24) is 4.90 Å². The monoisotopic (exact) mass is 267 g/mol. The van der Waals surface area contributed by atoms with E-state index >= 15 is 0 Å². The summed E-state index contributed by atoms with van der Waals surface area (Å²) in [6, 6.07) is 0. The van der Waals surface area contributed by atoms with Crippen LogP contribution in [0.15, 0.2) is 0 Å². The Morgan fingerprint density at radius 1 is 1.16 bits per heavy atom. The van der Waals surface area contributed by atoms with Crippen molar-refractivity contribution in [3.05, 3.63) is 0 Å². The zero-order valence-corrected chi connectivity index (χ0v) is 11.5. The average Bonchev–Trinajstić information content (AvgIpc) is 2.88. The number of hydrogen-bond acceptors (Lipinski definition) is 3. The normalized spacial score (nSPS) is 31.4. The third-order valence-electron chi connectivity index (χ3n) is 4.61. The Hall–Kier alpha value is -1.10. The van der Waals surface area contributed by atoms with Crippen molar-refractivity contribution in [3.63, 3.8) is 0 Å². The SMILES string of the molecule is NCCC1CCCC(C(=O)N2CCC(C(N)=O)C2)C1. The Bertz CT molecular complexity index is 344. The van der Waals surface area contributed by atoms with Gasteiger partial charge in [0, 0.05) is 19.0 Å². The lowest BCUT2D eigenvalue weighted by atomic mass is 9.79. The van der Waals surface area contributed by atoms with Crippen molar-refractivity contribution in [2.75, 3.05) is 19.6 Å². The minimum absolute atomic E-state index is 0.136. The van der Waals surface area contributed by atoms with Gasteiger partial charge in [0.25, 0.3) is 0 Å². The van der Waals surface area contributed by atoms with E-state index in [2.05, 4.69) is 0 Å². The second-order valence-electron chi connectivity index (χ2n) is 5.98. The van der Waals surface area contributed by atoms with Gasteiger partial charge in [0.15, 0.2) is 0 Å². The van der Waals surface area contributed by atoms with E-state index in [4.69, 9.17) is 11.5 Å². The maximum absolute atomic E-state index is 12.5. The number of nitrogens with zero attached hydrogens (tertiary/aromatic N) is 1. The van der Waals surface area contributed by atoms with Gasteiger partial charge in [-0.15, -0.1) is 0 Å². The standard InChI is InChI=1S/C14H25N3O2/c15-6-4-10-2-1-3-11(8-10)14(19)17-7-5-12(9-17)13(16)18/h10-12H,1-9,15H2,(H2,16,18). The first-order valence-electron chi connectivity index (χ1n) is 7.40. The van der Waals surface area contributed by atoms with E-state index in [0.717, 1.165) is 32.1 Å². The Kier molecular flexibility index (Phi) is 4.80. The van der Waals surface area contributed by atoms with Crippen molar-refractivity contribution in [2.24, 2.45) is 29.2 Å². The van der Waals surface area contributed by atoms with Crippen LogP contribution in [0.4, 0.5) is 0 Å². The molecule has 5 nitrogen and oxygen atoms in total. The van der Waals surface area contributed by atoms with Gasteiger partial charge in [-0.3, -0.25) is 9.59 Å². The number of carbonyl (C=O) groups is 2. The van der Waals surface area contributed by atoms with Crippen LogP contribution in [0.5, 0.6) is 0 Å². The lowest BCUT2D eigenvalue weighted by molar-refractivity contribution is -0.136. The molecule has 1 saturated heterocycles. The molecule has 0 spiro atoms. The molecule has 1 saturated carbocycles. The Balaban J connectivity index is 1.87. The molecule has 108 valence electrons. The minimum Gasteiger partial charge on any atom is -0.369 e. The molecule has 2 fully saturated rings. The molecule has 2 rings (SSSR count). The molecule has 1 heterocycles. The largest absolute Gasteiger partial charge is 0.369 e. The molecule has 3 unspecified atom stereocenters. The van der Waals surface area contributed by atoms with Crippen LogP contribution in [0.25, 0.3) is 0 Å². The van der Waals surface area contributed by atoms with E-state index in [-0.39, 0.29) is 23.7 Å². The highest BCUT2D eigenvalue weighted by atomic mass is 16.2. The molecule has 5 heteroatoms. The second kappa shape index (κ2) is 6.37. The summed E-state index contributed by atoms with van der Waals surface area (Å²) in [5.74, 6) is 0.539. The zero-order valence-electron chi connectivity index (χ0n) is 11.5. The third kappa shape index (κ3) is 3.47. The van der Waals surface area contributed by atoms with Gasteiger partial charge in [0.1, 0.15) is 0 Å². The number of nitrogens with two attached hydrogens (primary N) is 2. The number of likely N-dealkylation sites (tertiary alicyclic amines) is 1. The minimum atomic E-state index is -0.278. The maximum Gasteiger partial charge on any atom is 0.225 e. The number of primary amides is 1. The Labute approximate surface area is 114 Å². The smallest absolute Gasteiger partial charge is 0.225 e. The zero-order chi connectivity index (χ0) is 13.8. The van der Waals surface area contributed by atoms with E-state index in [0.29, 0.717) is 25.6 Å². The molecule has 0 aromatic carbocycles. The van der Waals surface area contributed by atoms with Crippen LogP contribution in [0.2, 0.25) is 0 Å². The van der Waals surface area contributed by atoms with E-state index in [1.54, 1.807) is 0 Å². The van der Waals surface area contributed by atoms with Gasteiger partial charge in [-0.1, -0.05) is 12.8 Å². The van der Waals surface area contributed by atoms with Crippen molar-refractivity contribution in [2.45, 2.75) is 38.5 Å². The molecule has 1 aliphatic carbocycles. The highest BCUT2D eigenvalue weighted by Crippen LogP contribution is 2.33. The van der Waals surface area contributed by atoms with Crippen molar-refractivity contribution < 1.29 is 9.59 Å². The summed E-state index contributed by atoms with van der Waals surface area (Å²) < 4.78 is 0. The van der Waals surface area contributed by atoms with Crippen LogP contribution < -0.4 is 11.5 Å². The fourth-order valence-electron chi connectivity index (χ4n) is 3.46. The molecule has 19 heavy (non-hydrogen) atoms. The summed E-state index contributed by atoms with van der Waals surface area (Å²) in [5, 5.41) is 0. The molecule has 2 aliphatic rings. The molecule has 0 radical (unpaired) electrons. The molecule has 2 amide bonds.